The Hall–Kier alpha value is -5.39. The zero-order valence-electron chi connectivity index (χ0n) is 20.6. The van der Waals surface area contributed by atoms with Crippen LogP contribution in [-0.4, -0.2) is 55.9 Å². The number of nitrogens with one attached hydrogen (secondary N) is 1. The lowest BCUT2D eigenvalue weighted by atomic mass is 10.1. The number of phenolic OH excluding ortho intramolecular Hbond substituents is 2. The number of ketones is 2. The molecule has 4 aromatic rings. The van der Waals surface area contributed by atoms with E-state index in [0.717, 1.165) is 0 Å². The smallest absolute Gasteiger partial charge is 0.224 e. The molecule has 0 spiro atoms. The number of nitrogens with two attached hydrogens (primary N) is 2. The minimum absolute atomic E-state index is 0.00662. The third kappa shape index (κ3) is 7.31. The van der Waals surface area contributed by atoms with Crippen LogP contribution in [0.3, 0.4) is 0 Å². The van der Waals surface area contributed by atoms with E-state index < -0.39 is 0 Å². The maximum absolute atomic E-state index is 11.9. The van der Waals surface area contributed by atoms with Gasteiger partial charge in [-0.2, -0.15) is 9.97 Å². The number of allylic oxidation sites excluding steroid dienone is 2. The number of carbonyl (C=O) groups is 2. The van der Waals surface area contributed by atoms with Crippen molar-refractivity contribution in [1.82, 2.24) is 19.9 Å². The minimum Gasteiger partial charge on any atom is -0.504 e. The van der Waals surface area contributed by atoms with Crippen LogP contribution in [0.2, 0.25) is 0 Å². The molecular weight excluding hydrogens is 492 g/mol. The Balaban J connectivity index is 0.000000299. The summed E-state index contributed by atoms with van der Waals surface area (Å²) in [6.07, 6.45) is 6.94. The van der Waals surface area contributed by atoms with Crippen molar-refractivity contribution in [3.63, 3.8) is 0 Å². The van der Waals surface area contributed by atoms with Crippen LogP contribution in [0.25, 0.3) is 23.3 Å². The number of aromatic hydroxyl groups is 2. The fraction of sp³-hybridized carbons (Fsp3) is 0.115. The molecule has 196 valence electrons. The molecule has 2 heterocycles. The van der Waals surface area contributed by atoms with Crippen molar-refractivity contribution < 1.29 is 29.3 Å². The van der Waals surface area contributed by atoms with E-state index >= 15 is 0 Å². The van der Waals surface area contributed by atoms with Crippen LogP contribution in [-0.2, 0) is 9.59 Å². The number of imidazole rings is 1. The Bertz CT molecular complexity index is 1440. The Morgan fingerprint density at radius 1 is 0.895 bits per heavy atom. The van der Waals surface area contributed by atoms with Crippen molar-refractivity contribution in [2.45, 2.75) is 6.42 Å². The van der Waals surface area contributed by atoms with Crippen molar-refractivity contribution in [2.24, 2.45) is 0 Å². The lowest BCUT2D eigenvalue weighted by Gasteiger charge is -2.03. The number of fused-ring (bicyclic) bond motifs is 1. The first-order chi connectivity index (χ1) is 18.2. The first-order valence-corrected chi connectivity index (χ1v) is 11.1. The molecule has 0 bridgehead atoms. The Labute approximate surface area is 217 Å². The summed E-state index contributed by atoms with van der Waals surface area (Å²) in [4.78, 5) is 38.1. The number of nitrogens with zero attached hydrogens (tertiary/aromatic N) is 3. The fourth-order valence-electron chi connectivity index (χ4n) is 3.14. The zero-order chi connectivity index (χ0) is 27.7. The third-order valence-corrected chi connectivity index (χ3v) is 5.01. The van der Waals surface area contributed by atoms with Crippen LogP contribution in [0.5, 0.6) is 23.0 Å². The Kier molecular flexibility index (Phi) is 8.97. The van der Waals surface area contributed by atoms with Crippen LogP contribution in [0.15, 0.2) is 54.9 Å². The molecule has 7 N–H and O–H groups in total. The molecule has 12 heteroatoms. The second kappa shape index (κ2) is 12.5. The van der Waals surface area contributed by atoms with Gasteiger partial charge in [-0.3, -0.25) is 9.59 Å². The summed E-state index contributed by atoms with van der Waals surface area (Å²) in [6, 6.07) is 9.34. The SMILES string of the molecule is COc1cc(/C=C/C(=O)CC(=O)/C=C/c2ccc(O)c(OC)c2)ccc1O.Nc1nc(N)c2[nH]cnc2n1. The van der Waals surface area contributed by atoms with E-state index in [-0.39, 0.29) is 35.4 Å². The minimum atomic E-state index is -0.347. The number of hydrogen-bond donors (Lipinski definition) is 5. The monoisotopic (exact) mass is 518 g/mol. The molecule has 2 aromatic heterocycles. The molecule has 0 unspecified atom stereocenters. The van der Waals surface area contributed by atoms with Gasteiger partial charge in [0.15, 0.2) is 46.0 Å². The van der Waals surface area contributed by atoms with Crippen LogP contribution in [0.1, 0.15) is 17.5 Å². The topological polar surface area (TPSA) is 200 Å². The summed E-state index contributed by atoms with van der Waals surface area (Å²) in [6.45, 7) is 0. The molecule has 0 aliphatic carbocycles. The summed E-state index contributed by atoms with van der Waals surface area (Å²) in [5, 5.41) is 19.1. The highest BCUT2D eigenvalue weighted by Crippen LogP contribution is 2.27. The lowest BCUT2D eigenvalue weighted by molar-refractivity contribution is -0.121. The van der Waals surface area contributed by atoms with Crippen molar-refractivity contribution in [3.8, 4) is 23.0 Å². The van der Waals surface area contributed by atoms with Gasteiger partial charge >= 0.3 is 0 Å². The quantitative estimate of drug-likeness (QED) is 0.170. The van der Waals surface area contributed by atoms with Crippen molar-refractivity contribution >= 4 is 46.6 Å². The molecule has 4 rings (SSSR count). The van der Waals surface area contributed by atoms with Gasteiger partial charge < -0.3 is 36.1 Å². The average molecular weight is 519 g/mol. The Morgan fingerprint density at radius 3 is 1.92 bits per heavy atom. The highest BCUT2D eigenvalue weighted by molar-refractivity contribution is 6.10. The molecular formula is C26H26N6O6. The van der Waals surface area contributed by atoms with Crippen LogP contribution < -0.4 is 20.9 Å². The van der Waals surface area contributed by atoms with E-state index in [1.54, 1.807) is 36.4 Å². The van der Waals surface area contributed by atoms with Crippen molar-refractivity contribution in [2.75, 3.05) is 25.7 Å². The number of aromatic amines is 1. The molecule has 0 aliphatic rings. The van der Waals surface area contributed by atoms with Crippen LogP contribution >= 0.6 is 0 Å². The lowest BCUT2D eigenvalue weighted by Crippen LogP contribution is -2.01. The van der Waals surface area contributed by atoms with Crippen LogP contribution in [0, 0.1) is 0 Å². The van der Waals surface area contributed by atoms with E-state index in [4.69, 9.17) is 20.9 Å². The van der Waals surface area contributed by atoms with Gasteiger partial charge in [0, 0.05) is 0 Å². The largest absolute Gasteiger partial charge is 0.504 e. The van der Waals surface area contributed by atoms with E-state index in [9.17, 15) is 19.8 Å². The second-order valence-electron chi connectivity index (χ2n) is 7.71. The van der Waals surface area contributed by atoms with Crippen molar-refractivity contribution in [1.29, 1.82) is 0 Å². The van der Waals surface area contributed by atoms with Gasteiger partial charge in [-0.15, -0.1) is 0 Å². The molecule has 0 fully saturated rings. The number of hydrogen-bond acceptors (Lipinski definition) is 11. The van der Waals surface area contributed by atoms with Gasteiger partial charge in [0.05, 0.1) is 27.0 Å². The number of benzene rings is 2. The first-order valence-electron chi connectivity index (χ1n) is 11.1. The maximum Gasteiger partial charge on any atom is 0.224 e. The van der Waals surface area contributed by atoms with Gasteiger partial charge in [0.1, 0.15) is 5.52 Å². The number of anilines is 2. The number of methoxy groups -OCH3 is 2. The van der Waals surface area contributed by atoms with Gasteiger partial charge in [0.25, 0.3) is 0 Å². The Morgan fingerprint density at radius 2 is 1.42 bits per heavy atom. The van der Waals surface area contributed by atoms with E-state index in [2.05, 4.69) is 19.9 Å². The molecule has 0 saturated heterocycles. The van der Waals surface area contributed by atoms with E-state index in [0.29, 0.717) is 39.6 Å². The number of ether oxygens (including phenoxy) is 2. The molecule has 0 radical (unpaired) electrons. The number of aromatic nitrogens is 4. The number of nitrogen functional groups attached to an aromatic ring is 2. The summed E-state index contributed by atoms with van der Waals surface area (Å²) < 4.78 is 10.00. The number of H-pyrrole nitrogens is 1. The molecule has 0 amide bonds. The third-order valence-electron chi connectivity index (χ3n) is 5.01. The second-order valence-corrected chi connectivity index (χ2v) is 7.71. The standard InChI is InChI=1S/C21H20O6.C5H6N6/c1-26-20-11-14(5-9-18(20)24)3-7-16(22)13-17(23)8-4-15-6-10-19(25)21(12-15)27-2;6-3-2-4(9-1-8-2)11-5(7)10-3/h3-12,24-25H,13H2,1-2H3;1H,(H5,6,7,8,9,10,11)/b7-3+,8-4+;. The molecule has 38 heavy (non-hydrogen) atoms. The van der Waals surface area contributed by atoms with Gasteiger partial charge in [-0.25, -0.2) is 4.98 Å². The van der Waals surface area contributed by atoms with Gasteiger partial charge in [0.2, 0.25) is 5.95 Å². The van der Waals surface area contributed by atoms with E-state index in [1.807, 2.05) is 0 Å². The average Bonchev–Trinajstić information content (AvgIpc) is 3.37. The van der Waals surface area contributed by atoms with Crippen molar-refractivity contribution in [3.05, 3.63) is 66.0 Å². The summed E-state index contributed by atoms with van der Waals surface area (Å²) in [7, 11) is 2.87. The van der Waals surface area contributed by atoms with Gasteiger partial charge in [-0.1, -0.05) is 24.3 Å². The summed E-state index contributed by atoms with van der Waals surface area (Å²) >= 11 is 0. The highest BCUT2D eigenvalue weighted by Gasteiger charge is 2.06. The summed E-state index contributed by atoms with van der Waals surface area (Å²) in [5.41, 5.74) is 13.3. The molecule has 0 atom stereocenters. The number of phenols is 2. The zero-order valence-corrected chi connectivity index (χ0v) is 20.6. The maximum atomic E-state index is 11.9. The van der Waals surface area contributed by atoms with E-state index in [1.165, 1.54) is 44.8 Å². The summed E-state index contributed by atoms with van der Waals surface area (Å²) in [5.74, 6) is 0.382. The molecule has 0 saturated carbocycles. The molecule has 2 aromatic carbocycles. The normalized spacial score (nSPS) is 10.9. The van der Waals surface area contributed by atoms with Gasteiger partial charge in [-0.05, 0) is 47.5 Å². The number of carbonyl (C=O) groups excluding carboxylic acids is 2. The molecule has 12 nitrogen and oxygen atoms in total. The first kappa shape index (κ1) is 27.2. The predicted molar refractivity (Wildman–Crippen MR) is 143 cm³/mol. The van der Waals surface area contributed by atoms with Crippen LogP contribution in [0.4, 0.5) is 11.8 Å². The highest BCUT2D eigenvalue weighted by atomic mass is 16.5. The fourth-order valence-corrected chi connectivity index (χ4v) is 3.14. The molecule has 0 aliphatic heterocycles. The predicted octanol–water partition coefficient (Wildman–Crippen LogP) is 2.89. The number of rotatable bonds is 8.